The molecule has 2 amide bonds. The lowest BCUT2D eigenvalue weighted by Crippen LogP contribution is -2.38. The molecule has 0 atom stereocenters. The number of nitrogens with zero attached hydrogens (tertiary/aromatic N) is 1. The number of rotatable bonds is 6. The molecule has 0 aliphatic carbocycles. The molecule has 2 aromatic carbocycles. The van der Waals surface area contributed by atoms with E-state index in [9.17, 15) is 9.59 Å². The molecular formula is C22H26N2O4. The summed E-state index contributed by atoms with van der Waals surface area (Å²) in [6, 6.07) is 11.3. The van der Waals surface area contributed by atoms with Crippen molar-refractivity contribution in [1.82, 2.24) is 0 Å². The molecule has 6 heteroatoms. The van der Waals surface area contributed by atoms with Crippen molar-refractivity contribution in [3.05, 3.63) is 47.5 Å². The minimum absolute atomic E-state index is 0.0478. The van der Waals surface area contributed by atoms with E-state index in [0.29, 0.717) is 30.4 Å². The van der Waals surface area contributed by atoms with Crippen LogP contribution in [-0.4, -0.2) is 31.6 Å². The van der Waals surface area contributed by atoms with Crippen molar-refractivity contribution in [2.75, 3.05) is 30.0 Å². The summed E-state index contributed by atoms with van der Waals surface area (Å²) in [5.41, 5.74) is 3.57. The van der Waals surface area contributed by atoms with Crippen molar-refractivity contribution < 1.29 is 19.1 Å². The molecule has 0 radical (unpaired) electrons. The Bertz CT molecular complexity index is 857. The molecule has 0 unspecified atom stereocenters. The number of carbonyl (C=O) groups excluding carboxylic acids is 2. The van der Waals surface area contributed by atoms with Crippen molar-refractivity contribution in [3.8, 4) is 11.5 Å². The summed E-state index contributed by atoms with van der Waals surface area (Å²) in [6.07, 6.45) is 1.58. The molecule has 2 aromatic rings. The fourth-order valence-electron chi connectivity index (χ4n) is 3.37. The van der Waals surface area contributed by atoms with E-state index >= 15 is 0 Å². The molecule has 0 bridgehead atoms. The number of para-hydroxylation sites is 1. The molecule has 0 saturated heterocycles. The zero-order valence-corrected chi connectivity index (χ0v) is 16.6. The summed E-state index contributed by atoms with van der Waals surface area (Å²) < 4.78 is 11.1. The maximum Gasteiger partial charge on any atom is 0.244 e. The van der Waals surface area contributed by atoms with E-state index < -0.39 is 0 Å². The van der Waals surface area contributed by atoms with Crippen LogP contribution in [-0.2, 0) is 22.4 Å². The van der Waals surface area contributed by atoms with Gasteiger partial charge in [0.15, 0.2) is 11.5 Å². The van der Waals surface area contributed by atoms with Gasteiger partial charge in [-0.15, -0.1) is 0 Å². The average Bonchev–Trinajstić information content (AvgIpc) is 2.71. The van der Waals surface area contributed by atoms with Gasteiger partial charge in [-0.05, 0) is 36.1 Å². The largest absolute Gasteiger partial charge is 0.486 e. The monoisotopic (exact) mass is 382 g/mol. The van der Waals surface area contributed by atoms with Crippen LogP contribution in [0.3, 0.4) is 0 Å². The highest BCUT2D eigenvalue weighted by atomic mass is 16.6. The predicted molar refractivity (Wildman–Crippen MR) is 109 cm³/mol. The minimum atomic E-state index is -0.264. The molecule has 1 N–H and O–H groups in total. The Morgan fingerprint density at radius 2 is 1.64 bits per heavy atom. The SMILES string of the molecule is CCc1cccc(CC)c1N(CC(=O)Nc1ccc2c(c1)OCCO2)C(C)=O. The molecule has 0 spiro atoms. The number of hydrogen-bond acceptors (Lipinski definition) is 4. The fourth-order valence-corrected chi connectivity index (χ4v) is 3.37. The van der Waals surface area contributed by atoms with Crippen molar-refractivity contribution in [1.29, 1.82) is 0 Å². The topological polar surface area (TPSA) is 67.9 Å². The third-order valence-electron chi connectivity index (χ3n) is 4.74. The first-order valence-electron chi connectivity index (χ1n) is 9.61. The van der Waals surface area contributed by atoms with Crippen molar-refractivity contribution in [2.24, 2.45) is 0 Å². The quantitative estimate of drug-likeness (QED) is 0.829. The van der Waals surface area contributed by atoms with Gasteiger partial charge < -0.3 is 19.7 Å². The second-order valence-corrected chi connectivity index (χ2v) is 6.64. The van der Waals surface area contributed by atoms with Crippen LogP contribution < -0.4 is 19.7 Å². The summed E-state index contributed by atoms with van der Waals surface area (Å²) in [7, 11) is 0. The molecular weight excluding hydrogens is 356 g/mol. The lowest BCUT2D eigenvalue weighted by Gasteiger charge is -2.26. The number of nitrogens with one attached hydrogen (secondary N) is 1. The number of ether oxygens (including phenoxy) is 2. The predicted octanol–water partition coefficient (Wildman–Crippen LogP) is 3.57. The molecule has 0 aromatic heterocycles. The van der Waals surface area contributed by atoms with Crippen LogP contribution in [0.4, 0.5) is 11.4 Å². The Labute approximate surface area is 165 Å². The van der Waals surface area contributed by atoms with Gasteiger partial charge >= 0.3 is 0 Å². The van der Waals surface area contributed by atoms with Crippen LogP contribution in [0.15, 0.2) is 36.4 Å². The second kappa shape index (κ2) is 8.78. The summed E-state index contributed by atoms with van der Waals surface area (Å²) in [4.78, 5) is 26.6. The molecule has 1 aliphatic rings. The first-order chi connectivity index (χ1) is 13.5. The fraction of sp³-hybridized carbons (Fsp3) is 0.364. The molecule has 148 valence electrons. The Kier molecular flexibility index (Phi) is 6.19. The lowest BCUT2D eigenvalue weighted by molar-refractivity contribution is -0.120. The lowest BCUT2D eigenvalue weighted by atomic mass is 10.0. The zero-order valence-electron chi connectivity index (χ0n) is 16.6. The Morgan fingerprint density at radius 1 is 1.00 bits per heavy atom. The van der Waals surface area contributed by atoms with E-state index in [1.54, 1.807) is 23.1 Å². The normalized spacial score (nSPS) is 12.4. The number of fused-ring (bicyclic) bond motifs is 1. The Hall–Kier alpha value is -3.02. The van der Waals surface area contributed by atoms with E-state index in [1.165, 1.54) is 6.92 Å². The minimum Gasteiger partial charge on any atom is -0.486 e. The van der Waals surface area contributed by atoms with Crippen molar-refractivity contribution in [2.45, 2.75) is 33.6 Å². The highest BCUT2D eigenvalue weighted by Crippen LogP contribution is 2.33. The van der Waals surface area contributed by atoms with Gasteiger partial charge in [0.25, 0.3) is 0 Å². The van der Waals surface area contributed by atoms with Crippen LogP contribution >= 0.6 is 0 Å². The average molecular weight is 382 g/mol. The first-order valence-corrected chi connectivity index (χ1v) is 9.61. The van der Waals surface area contributed by atoms with Crippen LogP contribution in [0.25, 0.3) is 0 Å². The van der Waals surface area contributed by atoms with Gasteiger partial charge in [-0.3, -0.25) is 9.59 Å². The van der Waals surface area contributed by atoms with Gasteiger partial charge in [0, 0.05) is 18.7 Å². The van der Waals surface area contributed by atoms with Gasteiger partial charge in [0.2, 0.25) is 11.8 Å². The standard InChI is InChI=1S/C22H26N2O4/c1-4-16-7-6-8-17(5-2)22(16)24(15(3)25)14-21(26)23-18-9-10-19-20(13-18)28-12-11-27-19/h6-10,13H,4-5,11-12,14H2,1-3H3,(H,23,26). The Balaban J connectivity index is 1.80. The van der Waals surface area contributed by atoms with Gasteiger partial charge in [-0.25, -0.2) is 0 Å². The van der Waals surface area contributed by atoms with E-state index in [-0.39, 0.29) is 18.4 Å². The summed E-state index contributed by atoms with van der Waals surface area (Å²) >= 11 is 0. The van der Waals surface area contributed by atoms with Gasteiger partial charge in [0.1, 0.15) is 19.8 Å². The number of carbonyl (C=O) groups is 2. The van der Waals surface area contributed by atoms with E-state index in [0.717, 1.165) is 29.7 Å². The van der Waals surface area contributed by atoms with Crippen LogP contribution in [0, 0.1) is 0 Å². The molecule has 3 rings (SSSR count). The molecule has 6 nitrogen and oxygen atoms in total. The smallest absolute Gasteiger partial charge is 0.244 e. The first kappa shape index (κ1) is 19.7. The second-order valence-electron chi connectivity index (χ2n) is 6.64. The highest BCUT2D eigenvalue weighted by Gasteiger charge is 2.21. The van der Waals surface area contributed by atoms with Crippen LogP contribution in [0.1, 0.15) is 31.9 Å². The molecule has 0 fully saturated rings. The highest BCUT2D eigenvalue weighted by molar-refractivity contribution is 6.02. The third kappa shape index (κ3) is 4.27. The molecule has 1 heterocycles. The van der Waals surface area contributed by atoms with Crippen molar-refractivity contribution >= 4 is 23.2 Å². The number of aryl methyl sites for hydroxylation is 2. The number of benzene rings is 2. The molecule has 0 saturated carbocycles. The number of amides is 2. The maximum atomic E-state index is 12.7. The molecule has 28 heavy (non-hydrogen) atoms. The summed E-state index contributed by atoms with van der Waals surface area (Å²) in [5, 5.41) is 2.85. The summed E-state index contributed by atoms with van der Waals surface area (Å²) in [5.74, 6) is 0.851. The number of hydrogen-bond donors (Lipinski definition) is 1. The zero-order chi connectivity index (χ0) is 20.1. The van der Waals surface area contributed by atoms with Crippen molar-refractivity contribution in [3.63, 3.8) is 0 Å². The van der Waals surface area contributed by atoms with Crippen LogP contribution in [0.2, 0.25) is 0 Å². The van der Waals surface area contributed by atoms with E-state index in [2.05, 4.69) is 5.32 Å². The molecule has 1 aliphatic heterocycles. The van der Waals surface area contributed by atoms with Gasteiger partial charge in [-0.2, -0.15) is 0 Å². The van der Waals surface area contributed by atoms with Gasteiger partial charge in [0.05, 0.1) is 5.69 Å². The Morgan fingerprint density at radius 3 is 2.25 bits per heavy atom. The van der Waals surface area contributed by atoms with E-state index in [4.69, 9.17) is 9.47 Å². The number of anilines is 2. The van der Waals surface area contributed by atoms with Crippen LogP contribution in [0.5, 0.6) is 11.5 Å². The summed E-state index contributed by atoms with van der Waals surface area (Å²) in [6.45, 7) is 6.54. The third-order valence-corrected chi connectivity index (χ3v) is 4.74. The van der Waals surface area contributed by atoms with Gasteiger partial charge in [-0.1, -0.05) is 32.0 Å². The maximum absolute atomic E-state index is 12.7. The van der Waals surface area contributed by atoms with E-state index in [1.807, 2.05) is 32.0 Å².